The standard InChI is InChI=1S/C9H6O6.C2H4O2S/c10-7(11)4-1-2-5(8(12)13)6(3-4)9(14)15;3-2(4)1-5/h1-3H,(H,10,11)(H,12,13)(H,14,15);5H,1H2,(H,3,4). The van der Waals surface area contributed by atoms with E-state index in [1.165, 1.54) is 0 Å². The SMILES string of the molecule is O=C(O)CS.O=C(O)c1ccc(C(=O)O)c(C(=O)O)c1. The van der Waals surface area contributed by atoms with Crippen LogP contribution in [0.1, 0.15) is 31.1 Å². The van der Waals surface area contributed by atoms with Gasteiger partial charge in [0, 0.05) is 0 Å². The highest BCUT2D eigenvalue weighted by Crippen LogP contribution is 2.12. The first-order valence-electron chi connectivity index (χ1n) is 4.87. The van der Waals surface area contributed by atoms with Crippen LogP contribution < -0.4 is 0 Å². The van der Waals surface area contributed by atoms with Crippen LogP contribution in [0, 0.1) is 0 Å². The van der Waals surface area contributed by atoms with Crippen molar-refractivity contribution in [3.63, 3.8) is 0 Å². The van der Waals surface area contributed by atoms with E-state index in [0.29, 0.717) is 0 Å². The smallest absolute Gasteiger partial charge is 0.336 e. The minimum atomic E-state index is -1.48. The molecule has 0 spiro atoms. The minimum Gasteiger partial charge on any atom is -0.481 e. The Morgan fingerprint density at radius 1 is 0.850 bits per heavy atom. The Kier molecular flexibility index (Phi) is 6.80. The van der Waals surface area contributed by atoms with Gasteiger partial charge in [-0.1, -0.05) is 0 Å². The lowest BCUT2D eigenvalue weighted by Crippen LogP contribution is -2.10. The molecule has 108 valence electrons. The van der Waals surface area contributed by atoms with Gasteiger partial charge in [0.1, 0.15) is 0 Å². The fourth-order valence-electron chi connectivity index (χ4n) is 1.04. The molecular weight excluding hydrogens is 292 g/mol. The fraction of sp³-hybridized carbons (Fsp3) is 0.0909. The van der Waals surface area contributed by atoms with Crippen LogP contribution >= 0.6 is 12.6 Å². The average Bonchev–Trinajstić information content (AvgIpc) is 2.38. The van der Waals surface area contributed by atoms with Crippen LogP contribution in [0.4, 0.5) is 0 Å². The van der Waals surface area contributed by atoms with Gasteiger partial charge in [0.2, 0.25) is 0 Å². The predicted octanol–water partition coefficient (Wildman–Crippen LogP) is 0.782. The first-order chi connectivity index (χ1) is 9.20. The van der Waals surface area contributed by atoms with Gasteiger partial charge in [0.25, 0.3) is 0 Å². The van der Waals surface area contributed by atoms with E-state index in [1.54, 1.807) is 0 Å². The molecule has 0 radical (unpaired) electrons. The Morgan fingerprint density at radius 2 is 1.30 bits per heavy atom. The van der Waals surface area contributed by atoms with Crippen molar-refractivity contribution in [1.82, 2.24) is 0 Å². The predicted molar refractivity (Wildman–Crippen MR) is 68.8 cm³/mol. The van der Waals surface area contributed by atoms with Gasteiger partial charge < -0.3 is 20.4 Å². The van der Waals surface area contributed by atoms with Gasteiger partial charge in [0.05, 0.1) is 22.4 Å². The molecule has 0 fully saturated rings. The van der Waals surface area contributed by atoms with E-state index in [-0.39, 0.29) is 11.3 Å². The summed E-state index contributed by atoms with van der Waals surface area (Å²) in [5.41, 5.74) is -1.24. The number of benzene rings is 1. The molecule has 1 aromatic carbocycles. The summed E-state index contributed by atoms with van der Waals surface area (Å²) in [5.74, 6) is -5.16. The molecule has 0 saturated heterocycles. The van der Waals surface area contributed by atoms with Crippen molar-refractivity contribution in [2.24, 2.45) is 0 Å². The normalized spacial score (nSPS) is 9.05. The first kappa shape index (κ1) is 17.4. The number of hydrogen-bond donors (Lipinski definition) is 5. The second-order valence-corrected chi connectivity index (χ2v) is 3.54. The number of carbonyl (C=O) groups is 4. The maximum Gasteiger partial charge on any atom is 0.336 e. The van der Waals surface area contributed by atoms with Gasteiger partial charge in [-0.15, -0.1) is 0 Å². The lowest BCUT2D eigenvalue weighted by Gasteiger charge is -2.02. The van der Waals surface area contributed by atoms with Gasteiger partial charge in [0.15, 0.2) is 0 Å². The summed E-state index contributed by atoms with van der Waals surface area (Å²) in [5, 5.41) is 33.5. The van der Waals surface area contributed by atoms with Crippen molar-refractivity contribution in [2.75, 3.05) is 5.75 Å². The van der Waals surface area contributed by atoms with E-state index in [0.717, 1.165) is 18.2 Å². The van der Waals surface area contributed by atoms with Crippen molar-refractivity contribution in [1.29, 1.82) is 0 Å². The number of hydrogen-bond acceptors (Lipinski definition) is 5. The zero-order valence-electron chi connectivity index (χ0n) is 9.81. The maximum absolute atomic E-state index is 10.6. The van der Waals surface area contributed by atoms with E-state index in [4.69, 9.17) is 20.4 Å². The summed E-state index contributed by atoms with van der Waals surface area (Å²) >= 11 is 3.42. The summed E-state index contributed by atoms with van der Waals surface area (Å²) in [4.78, 5) is 41.0. The summed E-state index contributed by atoms with van der Waals surface area (Å²) in [6, 6.07) is 2.81. The van der Waals surface area contributed by atoms with Crippen LogP contribution in [0.15, 0.2) is 18.2 Å². The van der Waals surface area contributed by atoms with Crippen molar-refractivity contribution >= 4 is 36.5 Å². The molecule has 0 aliphatic carbocycles. The van der Waals surface area contributed by atoms with E-state index < -0.39 is 35.0 Å². The topological polar surface area (TPSA) is 149 Å². The minimum absolute atomic E-state index is 0.0833. The molecule has 0 bridgehead atoms. The Labute approximate surface area is 117 Å². The van der Waals surface area contributed by atoms with E-state index >= 15 is 0 Å². The summed E-state index contributed by atoms with van der Waals surface area (Å²) < 4.78 is 0. The molecule has 20 heavy (non-hydrogen) atoms. The first-order valence-corrected chi connectivity index (χ1v) is 5.50. The van der Waals surface area contributed by atoms with Crippen LogP contribution in [0.5, 0.6) is 0 Å². The van der Waals surface area contributed by atoms with Crippen LogP contribution in [0.2, 0.25) is 0 Å². The molecular formula is C11H10O8S. The number of aromatic carboxylic acids is 3. The summed E-state index contributed by atoms with van der Waals surface area (Å²) in [7, 11) is 0. The van der Waals surface area contributed by atoms with Gasteiger partial charge in [-0.3, -0.25) is 4.79 Å². The fourth-order valence-corrected chi connectivity index (χ4v) is 1.04. The van der Waals surface area contributed by atoms with Crippen molar-refractivity contribution in [2.45, 2.75) is 0 Å². The Morgan fingerprint density at radius 3 is 1.60 bits per heavy atom. The third kappa shape index (κ3) is 5.40. The lowest BCUT2D eigenvalue weighted by molar-refractivity contribution is -0.133. The zero-order chi connectivity index (χ0) is 15.9. The number of rotatable bonds is 4. The third-order valence-electron chi connectivity index (χ3n) is 1.86. The molecule has 0 heterocycles. The van der Waals surface area contributed by atoms with E-state index in [1.807, 2.05) is 0 Å². The van der Waals surface area contributed by atoms with E-state index in [2.05, 4.69) is 12.6 Å². The monoisotopic (exact) mass is 302 g/mol. The highest BCUT2D eigenvalue weighted by Gasteiger charge is 2.17. The Hall–Kier alpha value is -2.55. The van der Waals surface area contributed by atoms with Crippen molar-refractivity contribution in [3.05, 3.63) is 34.9 Å². The van der Waals surface area contributed by atoms with E-state index in [9.17, 15) is 19.2 Å². The largest absolute Gasteiger partial charge is 0.481 e. The molecule has 0 aliphatic heterocycles. The van der Waals surface area contributed by atoms with Gasteiger partial charge >= 0.3 is 23.9 Å². The molecule has 0 saturated carbocycles. The number of carboxylic acid groups (broad SMARTS) is 4. The molecule has 0 aromatic heterocycles. The molecule has 4 N–H and O–H groups in total. The van der Waals surface area contributed by atoms with Crippen LogP contribution in [0.25, 0.3) is 0 Å². The average molecular weight is 302 g/mol. The Bertz CT molecular complexity index is 551. The second kappa shape index (κ2) is 7.79. The third-order valence-corrected chi connectivity index (χ3v) is 2.13. The maximum atomic E-state index is 10.6. The van der Waals surface area contributed by atoms with Gasteiger partial charge in [-0.25, -0.2) is 14.4 Å². The molecule has 0 amide bonds. The van der Waals surface area contributed by atoms with Crippen molar-refractivity contribution in [3.8, 4) is 0 Å². The lowest BCUT2D eigenvalue weighted by atomic mass is 10.0. The molecule has 9 heteroatoms. The second-order valence-electron chi connectivity index (χ2n) is 3.23. The molecule has 0 unspecified atom stereocenters. The molecule has 8 nitrogen and oxygen atoms in total. The van der Waals surface area contributed by atoms with Crippen LogP contribution in [-0.4, -0.2) is 50.1 Å². The Balaban J connectivity index is 0.000000621. The number of carboxylic acids is 4. The van der Waals surface area contributed by atoms with Gasteiger partial charge in [-0.2, -0.15) is 12.6 Å². The molecule has 0 aliphatic rings. The summed E-state index contributed by atoms with van der Waals surface area (Å²) in [6.45, 7) is 0. The zero-order valence-corrected chi connectivity index (χ0v) is 10.7. The summed E-state index contributed by atoms with van der Waals surface area (Å²) in [6.07, 6.45) is 0. The van der Waals surface area contributed by atoms with Crippen LogP contribution in [-0.2, 0) is 4.79 Å². The highest BCUT2D eigenvalue weighted by atomic mass is 32.1. The van der Waals surface area contributed by atoms with Crippen molar-refractivity contribution < 1.29 is 39.6 Å². The number of aliphatic carboxylic acids is 1. The molecule has 0 atom stereocenters. The molecule has 1 rings (SSSR count). The quantitative estimate of drug-likeness (QED) is 0.512. The van der Waals surface area contributed by atoms with Crippen LogP contribution in [0.3, 0.4) is 0 Å². The van der Waals surface area contributed by atoms with Gasteiger partial charge in [-0.05, 0) is 18.2 Å². The number of thiol groups is 1. The highest BCUT2D eigenvalue weighted by molar-refractivity contribution is 7.81. The molecule has 1 aromatic rings.